The number of amides is 1. The number of hydrogen-bond acceptors (Lipinski definition) is 4. The monoisotopic (exact) mass is 280 g/mol. The van der Waals surface area contributed by atoms with Crippen LogP contribution in [0.2, 0.25) is 0 Å². The molecule has 0 heterocycles. The molecule has 112 valence electrons. The van der Waals surface area contributed by atoms with Gasteiger partial charge in [0.05, 0.1) is 13.2 Å². The van der Waals surface area contributed by atoms with Crippen molar-refractivity contribution in [3.8, 4) is 0 Å². The van der Waals surface area contributed by atoms with Gasteiger partial charge in [-0.2, -0.15) is 0 Å². The maximum atomic E-state index is 11.6. The number of anilines is 1. The molecule has 0 saturated carbocycles. The maximum Gasteiger partial charge on any atom is 0.250 e. The highest BCUT2D eigenvalue weighted by atomic mass is 16.5. The van der Waals surface area contributed by atoms with Crippen molar-refractivity contribution in [3.05, 3.63) is 29.8 Å². The van der Waals surface area contributed by atoms with Gasteiger partial charge in [0.15, 0.2) is 0 Å². The standard InChI is InChI=1S/C15H24N2O3/c1-12(2)10-19-7-8-20-11-15(18)17-14-5-3-13(9-16)4-6-14/h3-6,12H,7-11,16H2,1-2H3,(H,17,18). The average Bonchev–Trinajstić information content (AvgIpc) is 2.43. The second kappa shape index (κ2) is 9.47. The number of benzene rings is 1. The van der Waals surface area contributed by atoms with E-state index in [2.05, 4.69) is 19.2 Å². The SMILES string of the molecule is CC(C)COCCOCC(=O)Nc1ccc(CN)cc1. The van der Waals surface area contributed by atoms with Crippen LogP contribution in [0.4, 0.5) is 5.69 Å². The van der Waals surface area contributed by atoms with E-state index < -0.39 is 0 Å². The fourth-order valence-electron chi connectivity index (χ4n) is 1.52. The van der Waals surface area contributed by atoms with Gasteiger partial charge in [0.25, 0.3) is 0 Å². The van der Waals surface area contributed by atoms with E-state index >= 15 is 0 Å². The number of ether oxygens (including phenoxy) is 2. The first kappa shape index (κ1) is 16.6. The van der Waals surface area contributed by atoms with Crippen LogP contribution in [0.15, 0.2) is 24.3 Å². The minimum atomic E-state index is -0.172. The normalized spacial score (nSPS) is 10.8. The third-order valence-electron chi connectivity index (χ3n) is 2.53. The van der Waals surface area contributed by atoms with Crippen LogP contribution in [0, 0.1) is 5.92 Å². The largest absolute Gasteiger partial charge is 0.379 e. The van der Waals surface area contributed by atoms with Gasteiger partial charge in [-0.05, 0) is 23.6 Å². The van der Waals surface area contributed by atoms with Crippen LogP contribution in [-0.2, 0) is 20.8 Å². The summed E-state index contributed by atoms with van der Waals surface area (Å²) in [5.74, 6) is 0.337. The smallest absolute Gasteiger partial charge is 0.250 e. The summed E-state index contributed by atoms with van der Waals surface area (Å²) < 4.78 is 10.6. The Bertz CT molecular complexity index is 391. The molecule has 20 heavy (non-hydrogen) atoms. The summed E-state index contributed by atoms with van der Waals surface area (Å²) in [7, 11) is 0. The van der Waals surface area contributed by atoms with Crippen LogP contribution >= 0.6 is 0 Å². The van der Waals surface area contributed by atoms with E-state index in [-0.39, 0.29) is 12.5 Å². The molecule has 0 aliphatic heterocycles. The van der Waals surface area contributed by atoms with Crippen molar-refractivity contribution in [1.82, 2.24) is 0 Å². The lowest BCUT2D eigenvalue weighted by Crippen LogP contribution is -2.20. The van der Waals surface area contributed by atoms with Gasteiger partial charge in [-0.1, -0.05) is 26.0 Å². The van der Waals surface area contributed by atoms with Gasteiger partial charge >= 0.3 is 0 Å². The Labute approximate surface area is 120 Å². The molecule has 0 aromatic heterocycles. The highest BCUT2D eigenvalue weighted by molar-refractivity contribution is 5.91. The van der Waals surface area contributed by atoms with Gasteiger partial charge < -0.3 is 20.5 Å². The summed E-state index contributed by atoms with van der Waals surface area (Å²) in [4.78, 5) is 11.6. The Morgan fingerprint density at radius 2 is 1.85 bits per heavy atom. The molecule has 1 aromatic carbocycles. The molecule has 0 radical (unpaired) electrons. The molecule has 0 aliphatic rings. The van der Waals surface area contributed by atoms with Crippen molar-refractivity contribution in [2.24, 2.45) is 11.7 Å². The minimum absolute atomic E-state index is 0.0314. The fourth-order valence-corrected chi connectivity index (χ4v) is 1.52. The zero-order chi connectivity index (χ0) is 14.8. The first-order valence-corrected chi connectivity index (χ1v) is 6.86. The topological polar surface area (TPSA) is 73.6 Å². The van der Waals surface area contributed by atoms with Gasteiger partial charge in [-0.15, -0.1) is 0 Å². The van der Waals surface area contributed by atoms with Crippen molar-refractivity contribution in [1.29, 1.82) is 0 Å². The van der Waals surface area contributed by atoms with Crippen LogP contribution < -0.4 is 11.1 Å². The molecule has 1 aromatic rings. The Morgan fingerprint density at radius 3 is 2.45 bits per heavy atom. The predicted molar refractivity (Wildman–Crippen MR) is 79.4 cm³/mol. The number of nitrogens with two attached hydrogens (primary N) is 1. The van der Waals surface area contributed by atoms with E-state index in [1.54, 1.807) is 0 Å². The molecule has 5 nitrogen and oxygen atoms in total. The molecule has 0 bridgehead atoms. The van der Waals surface area contributed by atoms with Crippen molar-refractivity contribution in [2.75, 3.05) is 31.7 Å². The summed E-state index contributed by atoms with van der Waals surface area (Å²) in [6.07, 6.45) is 0. The van der Waals surface area contributed by atoms with Crippen molar-refractivity contribution < 1.29 is 14.3 Å². The molecular weight excluding hydrogens is 256 g/mol. The molecule has 0 unspecified atom stereocenters. The zero-order valence-corrected chi connectivity index (χ0v) is 12.2. The molecule has 1 rings (SSSR count). The van der Waals surface area contributed by atoms with Gasteiger partial charge in [-0.25, -0.2) is 0 Å². The molecule has 0 aliphatic carbocycles. The van der Waals surface area contributed by atoms with Gasteiger partial charge in [0, 0.05) is 18.8 Å². The molecule has 0 saturated heterocycles. The highest BCUT2D eigenvalue weighted by Crippen LogP contribution is 2.08. The third-order valence-corrected chi connectivity index (χ3v) is 2.53. The summed E-state index contributed by atoms with van der Waals surface area (Å²) in [5.41, 5.74) is 7.28. The molecule has 1 amide bonds. The number of rotatable bonds is 9. The Morgan fingerprint density at radius 1 is 1.20 bits per heavy atom. The van der Waals surface area contributed by atoms with E-state index in [0.717, 1.165) is 11.3 Å². The molecule has 3 N–H and O–H groups in total. The summed E-state index contributed by atoms with van der Waals surface area (Å²) in [6, 6.07) is 7.42. The highest BCUT2D eigenvalue weighted by Gasteiger charge is 2.02. The van der Waals surface area contributed by atoms with Crippen LogP contribution in [0.25, 0.3) is 0 Å². The average molecular weight is 280 g/mol. The zero-order valence-electron chi connectivity index (χ0n) is 12.2. The summed E-state index contributed by atoms with van der Waals surface area (Å²) in [5, 5.41) is 2.76. The summed E-state index contributed by atoms with van der Waals surface area (Å²) >= 11 is 0. The Balaban J connectivity index is 2.13. The molecule has 0 atom stereocenters. The van der Waals surface area contributed by atoms with Gasteiger partial charge in [0.1, 0.15) is 6.61 Å². The number of carbonyl (C=O) groups excluding carboxylic acids is 1. The molecular formula is C15H24N2O3. The Hall–Kier alpha value is -1.43. The van der Waals surface area contributed by atoms with Crippen LogP contribution in [0.5, 0.6) is 0 Å². The van der Waals surface area contributed by atoms with Gasteiger partial charge in [-0.3, -0.25) is 4.79 Å². The lowest BCUT2D eigenvalue weighted by molar-refractivity contribution is -0.121. The number of nitrogens with one attached hydrogen (secondary N) is 1. The van der Waals surface area contributed by atoms with Crippen LogP contribution in [0.1, 0.15) is 19.4 Å². The lowest BCUT2D eigenvalue weighted by Gasteiger charge is -2.08. The van der Waals surface area contributed by atoms with Crippen molar-refractivity contribution in [3.63, 3.8) is 0 Å². The molecule has 5 heteroatoms. The van der Waals surface area contributed by atoms with Crippen molar-refractivity contribution in [2.45, 2.75) is 20.4 Å². The summed E-state index contributed by atoms with van der Waals surface area (Å²) in [6.45, 7) is 6.35. The number of carbonyl (C=O) groups is 1. The van der Waals surface area contributed by atoms with E-state index in [1.165, 1.54) is 0 Å². The maximum absolute atomic E-state index is 11.6. The third kappa shape index (κ3) is 7.23. The fraction of sp³-hybridized carbons (Fsp3) is 0.533. The van der Waals surface area contributed by atoms with E-state index in [0.29, 0.717) is 32.3 Å². The van der Waals surface area contributed by atoms with E-state index in [9.17, 15) is 4.79 Å². The first-order valence-electron chi connectivity index (χ1n) is 6.86. The molecule has 0 spiro atoms. The lowest BCUT2D eigenvalue weighted by atomic mass is 10.2. The van der Waals surface area contributed by atoms with Crippen LogP contribution in [0.3, 0.4) is 0 Å². The quantitative estimate of drug-likeness (QED) is 0.676. The molecule has 0 fully saturated rings. The Kier molecular flexibility index (Phi) is 7.87. The van der Waals surface area contributed by atoms with Crippen LogP contribution in [-0.4, -0.2) is 32.3 Å². The van der Waals surface area contributed by atoms with Crippen molar-refractivity contribution >= 4 is 11.6 Å². The second-order valence-corrected chi connectivity index (χ2v) is 4.97. The first-order chi connectivity index (χ1) is 9.61. The predicted octanol–water partition coefficient (Wildman–Crippen LogP) is 1.77. The number of hydrogen-bond donors (Lipinski definition) is 2. The second-order valence-electron chi connectivity index (χ2n) is 4.97. The minimum Gasteiger partial charge on any atom is -0.379 e. The van der Waals surface area contributed by atoms with Gasteiger partial charge in [0.2, 0.25) is 5.91 Å². The van der Waals surface area contributed by atoms with E-state index in [4.69, 9.17) is 15.2 Å². The van der Waals surface area contributed by atoms with E-state index in [1.807, 2.05) is 24.3 Å².